The molecule has 0 aliphatic rings. The fourth-order valence-electron chi connectivity index (χ4n) is 2.32. The third kappa shape index (κ3) is 4.00. The fourth-order valence-corrected chi connectivity index (χ4v) is 2.54. The van der Waals surface area contributed by atoms with Crippen LogP contribution in [0.3, 0.4) is 0 Å². The van der Waals surface area contributed by atoms with Gasteiger partial charge in [-0.2, -0.15) is 5.26 Å². The monoisotopic (exact) mass is 313 g/mol. The molecule has 0 saturated heterocycles. The molecule has 2 aromatic carbocycles. The van der Waals surface area contributed by atoms with Crippen molar-refractivity contribution in [3.8, 4) is 6.07 Å². The molecular formula is C18H20ClN3. The number of nitriles is 1. The van der Waals surface area contributed by atoms with Gasteiger partial charge < -0.3 is 10.2 Å². The number of hydrogen-bond donors (Lipinski definition) is 1. The van der Waals surface area contributed by atoms with Crippen molar-refractivity contribution < 1.29 is 0 Å². The number of nitrogens with zero attached hydrogens (tertiary/aromatic N) is 2. The van der Waals surface area contributed by atoms with Gasteiger partial charge in [0.25, 0.3) is 0 Å². The molecule has 2 aromatic rings. The van der Waals surface area contributed by atoms with Crippen molar-refractivity contribution >= 4 is 17.3 Å². The topological polar surface area (TPSA) is 39.1 Å². The molecule has 0 fully saturated rings. The zero-order chi connectivity index (χ0) is 16.1. The number of likely N-dealkylation sites (N-methyl/N-ethyl adjacent to an activating group) is 1. The van der Waals surface area contributed by atoms with E-state index in [9.17, 15) is 0 Å². The van der Waals surface area contributed by atoms with E-state index >= 15 is 0 Å². The van der Waals surface area contributed by atoms with Crippen LogP contribution in [0.4, 0.5) is 5.69 Å². The molecule has 0 heterocycles. The third-order valence-corrected chi connectivity index (χ3v) is 3.99. The Morgan fingerprint density at radius 2 is 1.86 bits per heavy atom. The number of halogens is 1. The molecule has 0 aromatic heterocycles. The fraction of sp³-hybridized carbons (Fsp3) is 0.278. The number of anilines is 1. The van der Waals surface area contributed by atoms with Crippen LogP contribution in [-0.4, -0.2) is 25.5 Å². The van der Waals surface area contributed by atoms with E-state index in [4.69, 9.17) is 16.9 Å². The molecule has 2 rings (SSSR count). The predicted molar refractivity (Wildman–Crippen MR) is 92.3 cm³/mol. The van der Waals surface area contributed by atoms with Gasteiger partial charge in [0.2, 0.25) is 0 Å². The van der Waals surface area contributed by atoms with Gasteiger partial charge in [-0.05, 0) is 44.8 Å². The quantitative estimate of drug-likeness (QED) is 0.897. The SMILES string of the molecule is Cc1ccc([C@@H](CNc2ccc(C#N)c(Cl)c2)N(C)C)cc1. The minimum Gasteiger partial charge on any atom is -0.383 e. The van der Waals surface area contributed by atoms with E-state index in [2.05, 4.69) is 61.6 Å². The Hall–Kier alpha value is -2.02. The lowest BCUT2D eigenvalue weighted by Gasteiger charge is -2.25. The lowest BCUT2D eigenvalue weighted by atomic mass is 10.0. The van der Waals surface area contributed by atoms with Gasteiger partial charge in [-0.15, -0.1) is 0 Å². The second-order valence-corrected chi connectivity index (χ2v) is 5.98. The minimum absolute atomic E-state index is 0.259. The van der Waals surface area contributed by atoms with Gasteiger partial charge in [-0.3, -0.25) is 0 Å². The summed E-state index contributed by atoms with van der Waals surface area (Å²) in [6.07, 6.45) is 0. The predicted octanol–water partition coefficient (Wildman–Crippen LogP) is 4.23. The number of benzene rings is 2. The lowest BCUT2D eigenvalue weighted by Crippen LogP contribution is -2.26. The molecule has 0 radical (unpaired) electrons. The molecule has 1 N–H and O–H groups in total. The highest BCUT2D eigenvalue weighted by atomic mass is 35.5. The van der Waals surface area contributed by atoms with Crippen LogP contribution >= 0.6 is 11.6 Å². The standard InChI is InChI=1S/C18H20ClN3/c1-13-4-6-14(7-5-13)18(22(2)3)12-21-16-9-8-15(11-20)17(19)10-16/h4-10,18,21H,12H2,1-3H3/t18-/m1/s1. The molecule has 0 aliphatic carbocycles. The average Bonchev–Trinajstić information content (AvgIpc) is 2.49. The summed E-state index contributed by atoms with van der Waals surface area (Å²) < 4.78 is 0. The first-order chi connectivity index (χ1) is 10.5. The Morgan fingerprint density at radius 3 is 2.41 bits per heavy atom. The second kappa shape index (κ2) is 7.31. The van der Waals surface area contributed by atoms with Gasteiger partial charge in [0.05, 0.1) is 16.6 Å². The first kappa shape index (κ1) is 16.4. The molecule has 0 amide bonds. The Kier molecular flexibility index (Phi) is 5.43. The molecule has 114 valence electrons. The van der Waals surface area contributed by atoms with Crippen LogP contribution in [0.5, 0.6) is 0 Å². The van der Waals surface area contributed by atoms with Crippen molar-refractivity contribution in [2.24, 2.45) is 0 Å². The van der Waals surface area contributed by atoms with Crippen LogP contribution in [-0.2, 0) is 0 Å². The molecular weight excluding hydrogens is 294 g/mol. The largest absolute Gasteiger partial charge is 0.383 e. The Bertz CT molecular complexity index is 672. The molecule has 0 bridgehead atoms. The van der Waals surface area contributed by atoms with Crippen LogP contribution in [0.1, 0.15) is 22.7 Å². The van der Waals surface area contributed by atoms with Gasteiger partial charge in [0.15, 0.2) is 0 Å². The van der Waals surface area contributed by atoms with E-state index in [-0.39, 0.29) is 6.04 Å². The Morgan fingerprint density at radius 1 is 1.18 bits per heavy atom. The van der Waals surface area contributed by atoms with Crippen molar-refractivity contribution in [2.75, 3.05) is 26.0 Å². The van der Waals surface area contributed by atoms with E-state index in [1.54, 1.807) is 12.1 Å². The first-order valence-electron chi connectivity index (χ1n) is 7.18. The summed E-state index contributed by atoms with van der Waals surface area (Å²) in [6, 6.07) is 16.3. The highest BCUT2D eigenvalue weighted by Gasteiger charge is 2.14. The summed E-state index contributed by atoms with van der Waals surface area (Å²) in [5.41, 5.74) is 3.94. The summed E-state index contributed by atoms with van der Waals surface area (Å²) in [4.78, 5) is 2.18. The maximum atomic E-state index is 8.91. The van der Waals surface area contributed by atoms with Crippen molar-refractivity contribution in [1.29, 1.82) is 5.26 Å². The number of rotatable bonds is 5. The molecule has 4 heteroatoms. The van der Waals surface area contributed by atoms with Crippen molar-refractivity contribution in [2.45, 2.75) is 13.0 Å². The van der Waals surface area contributed by atoms with Gasteiger partial charge in [-0.25, -0.2) is 0 Å². The van der Waals surface area contributed by atoms with Gasteiger partial charge in [-0.1, -0.05) is 41.4 Å². The summed E-state index contributed by atoms with van der Waals surface area (Å²) in [6.45, 7) is 2.85. The van der Waals surface area contributed by atoms with E-state index in [1.807, 2.05) is 6.07 Å². The average molecular weight is 314 g/mol. The highest BCUT2D eigenvalue weighted by Crippen LogP contribution is 2.23. The summed E-state index contributed by atoms with van der Waals surface area (Å²) in [7, 11) is 4.13. The molecule has 3 nitrogen and oxygen atoms in total. The summed E-state index contributed by atoms with van der Waals surface area (Å²) >= 11 is 6.07. The molecule has 0 spiro atoms. The third-order valence-electron chi connectivity index (χ3n) is 3.67. The second-order valence-electron chi connectivity index (χ2n) is 5.58. The molecule has 0 aliphatic heterocycles. The summed E-state index contributed by atoms with van der Waals surface area (Å²) in [5.74, 6) is 0. The van der Waals surface area contributed by atoms with Gasteiger partial charge in [0.1, 0.15) is 6.07 Å². The zero-order valence-corrected chi connectivity index (χ0v) is 13.9. The van der Waals surface area contributed by atoms with E-state index in [1.165, 1.54) is 11.1 Å². The maximum absolute atomic E-state index is 8.91. The van der Waals surface area contributed by atoms with Crippen LogP contribution < -0.4 is 5.32 Å². The Labute approximate surface area is 137 Å². The minimum atomic E-state index is 0.259. The number of aryl methyl sites for hydroxylation is 1. The summed E-state index contributed by atoms with van der Waals surface area (Å²) in [5, 5.41) is 12.8. The van der Waals surface area contributed by atoms with E-state index in [0.29, 0.717) is 10.6 Å². The van der Waals surface area contributed by atoms with Crippen LogP contribution in [0.2, 0.25) is 5.02 Å². The van der Waals surface area contributed by atoms with Gasteiger partial charge in [0, 0.05) is 12.2 Å². The maximum Gasteiger partial charge on any atom is 0.101 e. The van der Waals surface area contributed by atoms with Gasteiger partial charge >= 0.3 is 0 Å². The zero-order valence-electron chi connectivity index (χ0n) is 13.1. The van der Waals surface area contributed by atoms with Crippen molar-refractivity contribution in [1.82, 2.24) is 4.90 Å². The van der Waals surface area contributed by atoms with E-state index in [0.717, 1.165) is 12.2 Å². The van der Waals surface area contributed by atoms with Crippen molar-refractivity contribution in [3.63, 3.8) is 0 Å². The molecule has 0 unspecified atom stereocenters. The number of hydrogen-bond acceptors (Lipinski definition) is 3. The van der Waals surface area contributed by atoms with Crippen LogP contribution in [0, 0.1) is 18.3 Å². The van der Waals surface area contributed by atoms with Crippen molar-refractivity contribution in [3.05, 3.63) is 64.2 Å². The Balaban J connectivity index is 2.11. The van der Waals surface area contributed by atoms with E-state index < -0.39 is 0 Å². The normalized spacial score (nSPS) is 12.0. The molecule has 22 heavy (non-hydrogen) atoms. The number of nitrogens with one attached hydrogen (secondary N) is 1. The highest BCUT2D eigenvalue weighted by molar-refractivity contribution is 6.32. The smallest absolute Gasteiger partial charge is 0.101 e. The molecule has 1 atom stereocenters. The first-order valence-corrected chi connectivity index (χ1v) is 7.55. The van der Waals surface area contributed by atoms with Crippen LogP contribution in [0.25, 0.3) is 0 Å². The van der Waals surface area contributed by atoms with Crippen LogP contribution in [0.15, 0.2) is 42.5 Å². The lowest BCUT2D eigenvalue weighted by molar-refractivity contribution is 0.312. The molecule has 0 saturated carbocycles.